The van der Waals surface area contributed by atoms with Gasteiger partial charge in [0.05, 0.1) is 24.0 Å². The summed E-state index contributed by atoms with van der Waals surface area (Å²) in [4.78, 5) is 32.0. The van der Waals surface area contributed by atoms with Crippen LogP contribution in [0.1, 0.15) is 0 Å². The Balaban J connectivity index is 2.58. The van der Waals surface area contributed by atoms with E-state index in [-0.39, 0.29) is 19.0 Å². The van der Waals surface area contributed by atoms with Crippen molar-refractivity contribution in [2.45, 2.75) is 12.6 Å². The lowest BCUT2D eigenvalue weighted by Gasteiger charge is -2.12. The lowest BCUT2D eigenvalue weighted by molar-refractivity contribution is -0.389. The van der Waals surface area contributed by atoms with E-state index in [1.807, 2.05) is 0 Å². The van der Waals surface area contributed by atoms with Crippen LogP contribution in [0.25, 0.3) is 0 Å². The van der Waals surface area contributed by atoms with Crippen molar-refractivity contribution in [1.29, 1.82) is 0 Å². The maximum atomic E-state index is 11.5. The smallest absolute Gasteiger partial charge is 0.389 e. The van der Waals surface area contributed by atoms with Crippen molar-refractivity contribution in [3.63, 3.8) is 0 Å². The predicted molar refractivity (Wildman–Crippen MR) is 60.3 cm³/mol. The van der Waals surface area contributed by atoms with Crippen molar-refractivity contribution >= 4 is 17.7 Å². The van der Waals surface area contributed by atoms with E-state index in [1.54, 1.807) is 0 Å². The number of hydrogen-bond acceptors (Lipinski definition) is 6. The summed E-state index contributed by atoms with van der Waals surface area (Å²) in [6.45, 7) is -0.498. The van der Waals surface area contributed by atoms with E-state index in [4.69, 9.17) is 5.11 Å². The largest absolute Gasteiger partial charge is 0.480 e. The van der Waals surface area contributed by atoms with Gasteiger partial charge in [-0.15, -0.1) is 0 Å². The molecule has 0 aliphatic rings. The van der Waals surface area contributed by atoms with Gasteiger partial charge in [-0.1, -0.05) is 0 Å². The molecule has 0 aliphatic heterocycles. The van der Waals surface area contributed by atoms with E-state index in [1.165, 1.54) is 13.3 Å². The number of aliphatic carboxylic acids is 1. The topological polar surface area (TPSA) is 137 Å². The van der Waals surface area contributed by atoms with E-state index in [9.17, 15) is 19.7 Å². The number of hydrogen-bond donors (Lipinski definition) is 2. The zero-order valence-electron chi connectivity index (χ0n) is 9.98. The number of amides is 1. The van der Waals surface area contributed by atoms with Crippen LogP contribution in [0.3, 0.4) is 0 Å². The summed E-state index contributed by atoms with van der Waals surface area (Å²) in [5.74, 6) is -2.26. The highest BCUT2D eigenvalue weighted by Crippen LogP contribution is 2.04. The molecule has 0 aliphatic carbocycles. The molecule has 1 rings (SSSR count). The number of nitro groups is 1. The molecule has 0 saturated heterocycles. The number of rotatable bonds is 7. The average molecular weight is 272 g/mol. The van der Waals surface area contributed by atoms with Crippen LogP contribution < -0.4 is 5.32 Å². The molecule has 1 aromatic heterocycles. The molecule has 1 unspecified atom stereocenters. The number of nitrogens with one attached hydrogen (secondary N) is 1. The van der Waals surface area contributed by atoms with E-state index in [0.717, 1.165) is 10.7 Å². The van der Waals surface area contributed by atoms with Crippen LogP contribution in [-0.4, -0.2) is 51.4 Å². The van der Waals surface area contributed by atoms with Crippen LogP contribution in [0.5, 0.6) is 0 Å². The number of aromatic nitrogens is 2. The number of nitrogens with zero attached hydrogens (tertiary/aromatic N) is 3. The van der Waals surface area contributed by atoms with E-state index < -0.39 is 22.8 Å². The van der Waals surface area contributed by atoms with E-state index in [2.05, 4.69) is 15.2 Å². The second kappa shape index (κ2) is 6.44. The fraction of sp³-hybridized carbons (Fsp3) is 0.444. The molecule has 19 heavy (non-hydrogen) atoms. The molecule has 0 radical (unpaired) electrons. The summed E-state index contributed by atoms with van der Waals surface area (Å²) in [6.07, 6.45) is 1.25. The fourth-order valence-corrected chi connectivity index (χ4v) is 1.26. The second-order valence-corrected chi connectivity index (χ2v) is 3.54. The Bertz CT molecular complexity index is 485. The predicted octanol–water partition coefficient (Wildman–Crippen LogP) is -0.993. The van der Waals surface area contributed by atoms with Crippen molar-refractivity contribution in [2.75, 3.05) is 13.7 Å². The SMILES string of the molecule is COCC(NC(=O)Cn1ccc([N+](=O)[O-])n1)C(=O)O. The van der Waals surface area contributed by atoms with E-state index in [0.29, 0.717) is 0 Å². The van der Waals surface area contributed by atoms with Crippen LogP contribution in [0.15, 0.2) is 12.3 Å². The minimum absolute atomic E-state index is 0.180. The summed E-state index contributed by atoms with van der Waals surface area (Å²) < 4.78 is 5.69. The van der Waals surface area contributed by atoms with Crippen LogP contribution in [0.2, 0.25) is 0 Å². The highest BCUT2D eigenvalue weighted by atomic mass is 16.6. The Morgan fingerprint density at radius 3 is 2.84 bits per heavy atom. The Kier molecular flexibility index (Phi) is 4.94. The molecule has 1 aromatic rings. The number of methoxy groups -OCH3 is 1. The second-order valence-electron chi connectivity index (χ2n) is 3.54. The molecule has 0 saturated carbocycles. The quantitative estimate of drug-likeness (QED) is 0.480. The molecule has 0 spiro atoms. The first-order chi connectivity index (χ1) is 8.93. The Morgan fingerprint density at radius 1 is 1.68 bits per heavy atom. The summed E-state index contributed by atoms with van der Waals surface area (Å²) in [5.41, 5.74) is 0. The van der Waals surface area contributed by atoms with Crippen LogP contribution in [0.4, 0.5) is 5.82 Å². The van der Waals surface area contributed by atoms with Gasteiger partial charge in [-0.05, 0) is 4.92 Å². The molecular weight excluding hydrogens is 260 g/mol. The number of carboxylic acids is 1. The molecule has 2 N–H and O–H groups in total. The van der Waals surface area contributed by atoms with Gasteiger partial charge in [-0.25, -0.2) is 4.79 Å². The minimum atomic E-state index is -1.23. The lowest BCUT2D eigenvalue weighted by Crippen LogP contribution is -2.45. The zero-order chi connectivity index (χ0) is 14.4. The van der Waals surface area contributed by atoms with Gasteiger partial charge in [0.25, 0.3) is 0 Å². The molecule has 0 aromatic carbocycles. The van der Waals surface area contributed by atoms with Crippen molar-refractivity contribution in [2.24, 2.45) is 0 Å². The van der Waals surface area contributed by atoms with Crippen molar-refractivity contribution in [1.82, 2.24) is 15.1 Å². The first-order valence-electron chi connectivity index (χ1n) is 5.13. The van der Waals surface area contributed by atoms with Crippen LogP contribution in [0, 0.1) is 10.1 Å². The minimum Gasteiger partial charge on any atom is -0.480 e. The Hall–Kier alpha value is -2.49. The average Bonchev–Trinajstić information content (AvgIpc) is 2.76. The first-order valence-corrected chi connectivity index (χ1v) is 5.13. The van der Waals surface area contributed by atoms with Gasteiger partial charge in [-0.2, -0.15) is 4.68 Å². The number of carboxylic acid groups (broad SMARTS) is 1. The summed E-state index contributed by atoms with van der Waals surface area (Å²) in [5, 5.41) is 24.9. The molecule has 0 fully saturated rings. The summed E-state index contributed by atoms with van der Waals surface area (Å²) >= 11 is 0. The number of carbonyl (C=O) groups is 2. The third kappa shape index (κ3) is 4.35. The molecule has 1 heterocycles. The van der Waals surface area contributed by atoms with Crippen molar-refractivity contribution in [3.8, 4) is 0 Å². The number of ether oxygens (including phenoxy) is 1. The Labute approximate surface area is 107 Å². The molecule has 1 amide bonds. The van der Waals surface area contributed by atoms with E-state index >= 15 is 0 Å². The number of carbonyl (C=O) groups excluding carboxylic acids is 1. The van der Waals surface area contributed by atoms with Gasteiger partial charge >= 0.3 is 11.8 Å². The maximum Gasteiger partial charge on any atom is 0.389 e. The summed E-state index contributed by atoms with van der Waals surface area (Å²) in [6, 6.07) is -0.0417. The van der Waals surface area contributed by atoms with Crippen molar-refractivity contribution in [3.05, 3.63) is 22.4 Å². The molecule has 10 nitrogen and oxygen atoms in total. The van der Waals surface area contributed by atoms with Gasteiger partial charge in [0.2, 0.25) is 5.91 Å². The highest BCUT2D eigenvalue weighted by molar-refractivity contribution is 5.83. The maximum absolute atomic E-state index is 11.5. The van der Waals surface area contributed by atoms with Crippen molar-refractivity contribution < 1.29 is 24.4 Å². The lowest BCUT2D eigenvalue weighted by atomic mass is 10.3. The molecule has 10 heteroatoms. The van der Waals surface area contributed by atoms with Gasteiger partial charge < -0.3 is 25.3 Å². The van der Waals surface area contributed by atoms with Gasteiger partial charge in [-0.3, -0.25) is 4.79 Å². The third-order valence-electron chi connectivity index (χ3n) is 2.09. The third-order valence-corrected chi connectivity index (χ3v) is 2.09. The highest BCUT2D eigenvalue weighted by Gasteiger charge is 2.21. The van der Waals surface area contributed by atoms with Crippen LogP contribution in [-0.2, 0) is 20.9 Å². The normalized spacial score (nSPS) is 11.8. The Morgan fingerprint density at radius 2 is 2.37 bits per heavy atom. The standard InChI is InChI=1S/C9H12N4O6/c1-19-5-6(9(15)16)10-8(14)4-12-3-2-7(11-12)13(17)18/h2-3,6H,4-5H2,1H3,(H,10,14)(H,15,16). The van der Waals surface area contributed by atoms with Gasteiger partial charge in [0, 0.05) is 7.11 Å². The molecular formula is C9H12N4O6. The first kappa shape index (κ1) is 14.6. The molecule has 1 atom stereocenters. The van der Waals surface area contributed by atoms with Gasteiger partial charge in [0.15, 0.2) is 6.04 Å². The van der Waals surface area contributed by atoms with Gasteiger partial charge in [0.1, 0.15) is 6.54 Å². The molecule has 104 valence electrons. The fourth-order valence-electron chi connectivity index (χ4n) is 1.26. The zero-order valence-corrected chi connectivity index (χ0v) is 9.98. The van der Waals surface area contributed by atoms with Crippen LogP contribution >= 0.6 is 0 Å². The molecule has 0 bridgehead atoms. The monoisotopic (exact) mass is 272 g/mol. The summed E-state index contributed by atoms with van der Waals surface area (Å²) in [7, 11) is 1.30.